The van der Waals surface area contributed by atoms with Crippen LogP contribution in [0.3, 0.4) is 0 Å². The van der Waals surface area contributed by atoms with E-state index in [0.29, 0.717) is 43.5 Å². The molecule has 0 atom stereocenters. The van der Waals surface area contributed by atoms with Gasteiger partial charge >= 0.3 is 6.18 Å². The fraction of sp³-hybridized carbons (Fsp3) is 0.300. The number of amides is 1. The smallest absolute Gasteiger partial charge is 0.383 e. The second kappa shape index (κ2) is 16.4. The van der Waals surface area contributed by atoms with Crippen molar-refractivity contribution in [3.8, 4) is 11.1 Å². The number of hydrogen-bond donors (Lipinski definition) is 0. The predicted octanol–water partition coefficient (Wildman–Crippen LogP) is 8.40. The van der Waals surface area contributed by atoms with Crippen LogP contribution in [0.1, 0.15) is 62.3 Å². The standard InChI is InChI=1S/C40H38F5N3O3S/c1-51-22-21-46-19-17-32(18-20-46)47(24-27-9-11-28(12-10-27)29-13-15-31(16-14-29)40(43,44)45)37(50)25-48-35-8-3-2-6-33(35)36(49)23-38(48)52-26-30-5-4-7-34(41)39(30)42/h2-16,23,32H,17-22,24-26H2,1H3/i2D,3D,6D,8D,17D2,18D2,19D2,20D2,21D2,22D2,23D,24D2,25D2,26D2,32D. The highest BCUT2D eigenvalue weighted by atomic mass is 32.2. The highest BCUT2D eigenvalue weighted by Crippen LogP contribution is 2.32. The van der Waals surface area contributed by atoms with Crippen molar-refractivity contribution in [2.45, 2.75) is 48.7 Å². The monoisotopic (exact) mass is 759 g/mol. The van der Waals surface area contributed by atoms with Crippen LogP contribution in [0.2, 0.25) is 0 Å². The molecular formula is C40H38F5N3O3S. The third-order valence-corrected chi connectivity index (χ3v) is 7.69. The Morgan fingerprint density at radius 2 is 1.71 bits per heavy atom. The number of methoxy groups -OCH3 is 1. The first-order valence-electron chi connectivity index (χ1n) is 26.5. The van der Waals surface area contributed by atoms with Crippen LogP contribution in [0.4, 0.5) is 22.0 Å². The van der Waals surface area contributed by atoms with Gasteiger partial charge in [-0.2, -0.15) is 13.2 Å². The molecule has 6 rings (SSSR count). The molecule has 1 aromatic heterocycles. The summed E-state index contributed by atoms with van der Waals surface area (Å²) in [7, 11) is 0.487. The highest BCUT2D eigenvalue weighted by Gasteiger charge is 2.31. The first kappa shape index (κ1) is 17.5. The minimum absolute atomic E-state index is 0.00293. The van der Waals surface area contributed by atoms with Gasteiger partial charge in [0.2, 0.25) is 5.91 Å². The van der Waals surface area contributed by atoms with Crippen LogP contribution in [0.5, 0.6) is 0 Å². The SMILES string of the molecule is [2H]c1c([2H])c([2H])c2c(c1[2H])c(=O)c([2H])c(SC([2H])([2H])c1cccc(F)c1F)n2C([2H])([2H])C(=O)N(C([2H])([2H])c1ccc(-c2ccc(C(F)(F)F)cc2)cc1)C1([2H])C([2H])([2H])C([2H])([2H])N(C([2H])([2H])C([2H])([2H])OC)C([2H])([2H])C1([2H])[2H]. The number of nitrogens with zero attached hydrogens (tertiary/aromatic N) is 3. The molecule has 4 aromatic carbocycles. The maximum atomic E-state index is 15.8. The maximum absolute atomic E-state index is 15.8. The Kier molecular flexibility index (Phi) is 5.54. The van der Waals surface area contributed by atoms with Gasteiger partial charge in [-0.1, -0.05) is 60.6 Å². The zero-order chi connectivity index (χ0) is 58.2. The Bertz CT molecular complexity index is 3190. The topological polar surface area (TPSA) is 54.8 Å². The Morgan fingerprint density at radius 1 is 1.04 bits per heavy atom. The van der Waals surface area contributed by atoms with Crippen LogP contribution < -0.4 is 5.43 Å². The van der Waals surface area contributed by atoms with Crippen molar-refractivity contribution in [1.29, 1.82) is 0 Å². The molecule has 6 nitrogen and oxygen atoms in total. The highest BCUT2D eigenvalue weighted by molar-refractivity contribution is 7.98. The molecule has 5 aromatic rings. The number of piperidine rings is 1. The van der Waals surface area contributed by atoms with Crippen LogP contribution in [0.25, 0.3) is 22.0 Å². The molecule has 0 radical (unpaired) electrons. The number of pyridine rings is 1. The second-order valence-electron chi connectivity index (χ2n) is 10.2. The first-order chi connectivity index (χ1) is 34.2. The van der Waals surface area contributed by atoms with Gasteiger partial charge in [0.15, 0.2) is 17.1 Å². The zero-order valence-electron chi connectivity index (χ0n) is 50.2. The number of para-hydroxylation sites is 1. The first-order valence-corrected chi connectivity index (χ1v) is 15.3. The summed E-state index contributed by atoms with van der Waals surface area (Å²) < 4.78 is 289. The normalized spacial score (nSPS) is 26.8. The quantitative estimate of drug-likeness (QED) is 0.0946. The molecule has 0 spiro atoms. The van der Waals surface area contributed by atoms with E-state index in [4.69, 9.17) is 20.6 Å². The molecule has 2 heterocycles. The molecule has 0 N–H and O–H groups in total. The van der Waals surface area contributed by atoms with Gasteiger partial charge in [0.1, 0.15) is 6.50 Å². The average molecular weight is 760 g/mol. The van der Waals surface area contributed by atoms with E-state index in [1.54, 1.807) is 0 Å². The fourth-order valence-electron chi connectivity index (χ4n) is 4.43. The van der Waals surface area contributed by atoms with Crippen molar-refractivity contribution in [1.82, 2.24) is 14.4 Å². The van der Waals surface area contributed by atoms with Crippen LogP contribution in [-0.4, -0.2) is 59.5 Å². The number of hydrogen-bond acceptors (Lipinski definition) is 5. The number of likely N-dealkylation sites (tertiary alicyclic amines) is 1. The Balaban J connectivity index is 1.77. The number of ether oxygens (including phenoxy) is 1. The molecule has 1 aliphatic rings. The van der Waals surface area contributed by atoms with Crippen molar-refractivity contribution in [2.24, 2.45) is 0 Å². The molecule has 0 saturated carbocycles. The van der Waals surface area contributed by atoms with Gasteiger partial charge in [0.05, 0.1) is 39.1 Å². The van der Waals surface area contributed by atoms with Crippen LogP contribution in [-0.2, 0) is 34.4 Å². The number of aromatic nitrogens is 1. The predicted molar refractivity (Wildman–Crippen MR) is 193 cm³/mol. The van der Waals surface area contributed by atoms with Crippen LogP contribution >= 0.6 is 11.8 Å². The zero-order valence-corrected chi connectivity index (χ0v) is 27.0. The maximum Gasteiger partial charge on any atom is 0.416 e. The molecule has 52 heavy (non-hydrogen) atoms. The fourth-order valence-corrected chi connectivity index (χ4v) is 5.16. The van der Waals surface area contributed by atoms with E-state index in [-0.39, 0.29) is 15.7 Å². The molecule has 1 fully saturated rings. The molecule has 1 saturated heterocycles. The molecule has 12 heteroatoms. The van der Waals surface area contributed by atoms with Gasteiger partial charge in [-0.15, -0.1) is 11.8 Å². The minimum Gasteiger partial charge on any atom is -0.383 e. The number of rotatable bonds is 12. The summed E-state index contributed by atoms with van der Waals surface area (Å²) >= 11 is -0.597. The lowest BCUT2D eigenvalue weighted by Gasteiger charge is -2.39. The van der Waals surface area contributed by atoms with Crippen molar-refractivity contribution in [3.05, 3.63) is 135 Å². The average Bonchev–Trinajstić information content (AvgIpc) is 3.30. The lowest BCUT2D eigenvalue weighted by atomic mass is 10.00. The van der Waals surface area contributed by atoms with Crippen molar-refractivity contribution < 1.29 is 64.4 Å². The van der Waals surface area contributed by atoms with Crippen LogP contribution in [0, 0.1) is 11.6 Å². The number of alkyl halides is 3. The Morgan fingerprint density at radius 3 is 2.38 bits per heavy atom. The number of carbonyl (C=O) groups is 1. The van der Waals surface area contributed by atoms with Gasteiger partial charge in [0.25, 0.3) is 0 Å². The molecule has 272 valence electrons. The van der Waals surface area contributed by atoms with E-state index in [0.717, 1.165) is 30.3 Å². The largest absolute Gasteiger partial charge is 0.416 e. The Labute approximate surface area is 336 Å². The molecule has 1 aliphatic heterocycles. The van der Waals surface area contributed by atoms with E-state index in [1.165, 1.54) is 0 Å². The number of fused-ring (bicyclic) bond motifs is 1. The molecule has 0 aliphatic carbocycles. The summed E-state index contributed by atoms with van der Waals surface area (Å²) in [5.41, 5.74) is -10.3. The van der Waals surface area contributed by atoms with E-state index < -0.39 is 177 Å². The Hall–Kier alpha value is -4.52. The number of halogens is 5. The van der Waals surface area contributed by atoms with E-state index >= 15 is 9.18 Å². The van der Waals surface area contributed by atoms with E-state index in [2.05, 4.69) is 4.74 Å². The summed E-state index contributed by atoms with van der Waals surface area (Å²) in [4.78, 5) is 27.8. The minimum atomic E-state index is -5.08. The number of thioether (sulfide) groups is 1. The van der Waals surface area contributed by atoms with E-state index in [9.17, 15) is 34.7 Å². The summed E-state index contributed by atoms with van der Waals surface area (Å²) in [6, 6.07) is -3.87. The van der Waals surface area contributed by atoms with Crippen molar-refractivity contribution >= 4 is 28.6 Å². The summed E-state index contributed by atoms with van der Waals surface area (Å²) in [5.74, 6) is -6.52. The number of benzene rings is 4. The van der Waals surface area contributed by atoms with Crippen LogP contribution in [0.15, 0.2) is 107 Å². The lowest BCUT2D eigenvalue weighted by molar-refractivity contribution is -0.137. The van der Waals surface area contributed by atoms with Gasteiger partial charge in [-0.25, -0.2) is 8.78 Å². The van der Waals surface area contributed by atoms with E-state index in [1.807, 2.05) is 0 Å². The van der Waals surface area contributed by atoms with Gasteiger partial charge in [-0.05, 0) is 59.7 Å². The second-order valence-corrected chi connectivity index (χ2v) is 11.0. The van der Waals surface area contributed by atoms with Crippen molar-refractivity contribution in [2.75, 3.05) is 33.2 Å². The van der Waals surface area contributed by atoms with Gasteiger partial charge in [-0.3, -0.25) is 9.59 Å². The number of carbonyl (C=O) groups excluding carboxylic acids is 1. The summed E-state index contributed by atoms with van der Waals surface area (Å²) in [6.07, 6.45) is -14.6. The van der Waals surface area contributed by atoms with Gasteiger partial charge < -0.3 is 19.1 Å². The summed E-state index contributed by atoms with van der Waals surface area (Å²) in [5, 5.41) is -2.96. The molecule has 0 bridgehead atoms. The molecule has 0 unspecified atom stereocenters. The third-order valence-electron chi connectivity index (χ3n) is 6.89. The van der Waals surface area contributed by atoms with Crippen molar-refractivity contribution in [3.63, 3.8) is 0 Å². The molecular weight excluding hydrogens is 698 g/mol. The summed E-state index contributed by atoms with van der Waals surface area (Å²) in [6.45, 7) is -26.8. The molecule has 1 amide bonds. The lowest BCUT2D eigenvalue weighted by Crippen LogP contribution is -2.48. The third kappa shape index (κ3) is 8.74. The van der Waals surface area contributed by atoms with Gasteiger partial charge in [0, 0.05) is 78.3 Å².